The smallest absolute Gasteiger partial charge is 0.414 e. The van der Waals surface area contributed by atoms with E-state index in [1.165, 1.54) is 12.0 Å². The Balaban J connectivity index is 1.49. The van der Waals surface area contributed by atoms with Crippen LogP contribution in [0.15, 0.2) is 48.5 Å². The van der Waals surface area contributed by atoms with E-state index in [9.17, 15) is 9.59 Å². The highest BCUT2D eigenvalue weighted by atomic mass is 35.5. The van der Waals surface area contributed by atoms with Crippen molar-refractivity contribution in [2.75, 3.05) is 31.7 Å². The third-order valence-electron chi connectivity index (χ3n) is 3.96. The number of carbonyl (C=O) groups excluding carboxylic acids is 2. The van der Waals surface area contributed by atoms with Crippen molar-refractivity contribution in [3.63, 3.8) is 0 Å². The Morgan fingerprint density at radius 2 is 2.07 bits per heavy atom. The topological polar surface area (TPSA) is 77.1 Å². The van der Waals surface area contributed by atoms with Crippen molar-refractivity contribution < 1.29 is 23.8 Å². The van der Waals surface area contributed by atoms with Gasteiger partial charge in [-0.25, -0.2) is 4.79 Å². The summed E-state index contributed by atoms with van der Waals surface area (Å²) in [6.07, 6.45) is -0.949. The normalized spacial score (nSPS) is 16.0. The first kappa shape index (κ1) is 18.8. The number of ether oxygens (including phenoxy) is 3. The van der Waals surface area contributed by atoms with E-state index in [2.05, 4.69) is 5.32 Å². The molecule has 0 spiro atoms. The molecule has 0 aromatic heterocycles. The molecule has 1 fully saturated rings. The first-order chi connectivity index (χ1) is 13.1. The highest BCUT2D eigenvalue weighted by molar-refractivity contribution is 6.32. The second kappa shape index (κ2) is 8.64. The minimum absolute atomic E-state index is 0.109. The van der Waals surface area contributed by atoms with Gasteiger partial charge in [-0.1, -0.05) is 29.8 Å². The molecule has 8 heteroatoms. The number of benzene rings is 2. The molecule has 3 rings (SSSR count). The minimum Gasteiger partial charge on any atom is -0.495 e. The molecule has 1 saturated heterocycles. The van der Waals surface area contributed by atoms with Crippen LogP contribution in [-0.4, -0.2) is 44.9 Å². The van der Waals surface area contributed by atoms with Crippen LogP contribution in [0.4, 0.5) is 10.5 Å². The summed E-state index contributed by atoms with van der Waals surface area (Å²) in [4.78, 5) is 25.5. The van der Waals surface area contributed by atoms with Crippen LogP contribution >= 0.6 is 11.6 Å². The Kier molecular flexibility index (Phi) is 6.03. The highest BCUT2D eigenvalue weighted by Crippen LogP contribution is 2.31. The molecule has 0 bridgehead atoms. The molecule has 1 unspecified atom stereocenters. The zero-order chi connectivity index (χ0) is 19.2. The predicted molar refractivity (Wildman–Crippen MR) is 101 cm³/mol. The van der Waals surface area contributed by atoms with Gasteiger partial charge in [0.15, 0.2) is 6.61 Å². The maximum absolute atomic E-state index is 12.1. The number of hydrogen-bond acceptors (Lipinski definition) is 5. The van der Waals surface area contributed by atoms with Crippen molar-refractivity contribution in [1.82, 2.24) is 5.32 Å². The summed E-state index contributed by atoms with van der Waals surface area (Å²) in [5.74, 6) is 0.846. The van der Waals surface area contributed by atoms with E-state index in [0.29, 0.717) is 28.8 Å². The van der Waals surface area contributed by atoms with Crippen LogP contribution in [-0.2, 0) is 9.53 Å². The number of methoxy groups -OCH3 is 1. The maximum Gasteiger partial charge on any atom is 0.414 e. The molecule has 2 aromatic rings. The number of nitrogens with one attached hydrogen (secondary N) is 1. The number of cyclic esters (lactones) is 1. The minimum atomic E-state index is -0.490. The zero-order valence-corrected chi connectivity index (χ0v) is 15.4. The fraction of sp³-hybridized carbons (Fsp3) is 0.263. The zero-order valence-electron chi connectivity index (χ0n) is 14.7. The number of anilines is 1. The molecule has 1 aliphatic heterocycles. The molecule has 142 valence electrons. The van der Waals surface area contributed by atoms with Gasteiger partial charge in [0.05, 0.1) is 25.2 Å². The molecule has 0 radical (unpaired) electrons. The molecule has 2 aromatic carbocycles. The van der Waals surface area contributed by atoms with Gasteiger partial charge in [0.1, 0.15) is 17.6 Å². The van der Waals surface area contributed by atoms with E-state index in [0.717, 1.165) is 0 Å². The van der Waals surface area contributed by atoms with Crippen LogP contribution in [0.5, 0.6) is 11.5 Å². The van der Waals surface area contributed by atoms with Gasteiger partial charge in [0.25, 0.3) is 5.91 Å². The number of carbonyl (C=O) groups is 2. The first-order valence-electron chi connectivity index (χ1n) is 8.33. The fourth-order valence-electron chi connectivity index (χ4n) is 2.61. The quantitative estimate of drug-likeness (QED) is 0.786. The van der Waals surface area contributed by atoms with Crippen LogP contribution in [0.1, 0.15) is 0 Å². The van der Waals surface area contributed by atoms with Crippen molar-refractivity contribution in [3.8, 4) is 11.5 Å². The summed E-state index contributed by atoms with van der Waals surface area (Å²) < 4.78 is 15.8. The van der Waals surface area contributed by atoms with E-state index in [4.69, 9.17) is 25.8 Å². The van der Waals surface area contributed by atoms with Crippen molar-refractivity contribution in [2.45, 2.75) is 6.10 Å². The van der Waals surface area contributed by atoms with Crippen LogP contribution < -0.4 is 19.7 Å². The summed E-state index contributed by atoms with van der Waals surface area (Å²) >= 11 is 6.11. The van der Waals surface area contributed by atoms with Gasteiger partial charge in [0.2, 0.25) is 0 Å². The summed E-state index contributed by atoms with van der Waals surface area (Å²) in [6, 6.07) is 14.1. The van der Waals surface area contributed by atoms with Crippen molar-refractivity contribution in [1.29, 1.82) is 0 Å². The SMILES string of the molecule is COc1ccc(N2CC(CNC(=O)COc3ccccc3)OC2=O)cc1Cl. The lowest BCUT2D eigenvalue weighted by atomic mass is 10.2. The molecule has 27 heavy (non-hydrogen) atoms. The molecule has 1 N–H and O–H groups in total. The molecule has 7 nitrogen and oxygen atoms in total. The average Bonchev–Trinajstić information content (AvgIpc) is 3.06. The monoisotopic (exact) mass is 390 g/mol. The lowest BCUT2D eigenvalue weighted by Gasteiger charge is -2.14. The molecular formula is C19H19ClN2O5. The number of rotatable bonds is 7. The lowest BCUT2D eigenvalue weighted by Crippen LogP contribution is -2.37. The van der Waals surface area contributed by atoms with E-state index in [1.807, 2.05) is 18.2 Å². The highest BCUT2D eigenvalue weighted by Gasteiger charge is 2.32. The summed E-state index contributed by atoms with van der Waals surface area (Å²) in [5.41, 5.74) is 0.604. The van der Waals surface area contributed by atoms with Crippen molar-refractivity contribution >= 4 is 29.3 Å². The van der Waals surface area contributed by atoms with Gasteiger partial charge in [-0.2, -0.15) is 0 Å². The largest absolute Gasteiger partial charge is 0.495 e. The van der Waals surface area contributed by atoms with Gasteiger partial charge >= 0.3 is 6.09 Å². The average molecular weight is 391 g/mol. The van der Waals surface area contributed by atoms with Gasteiger partial charge < -0.3 is 19.5 Å². The standard InChI is InChI=1S/C19H19ClN2O5/c1-25-17-8-7-13(9-16(17)20)22-11-15(27-19(22)24)10-21-18(23)12-26-14-5-3-2-4-6-14/h2-9,15H,10-12H2,1H3,(H,21,23). The lowest BCUT2D eigenvalue weighted by molar-refractivity contribution is -0.123. The molecule has 1 heterocycles. The third kappa shape index (κ3) is 4.83. The Labute approximate surface area is 161 Å². The van der Waals surface area contributed by atoms with E-state index < -0.39 is 12.2 Å². The maximum atomic E-state index is 12.1. The second-order valence-corrected chi connectivity index (χ2v) is 6.25. The van der Waals surface area contributed by atoms with Gasteiger partial charge in [-0.3, -0.25) is 9.69 Å². The first-order valence-corrected chi connectivity index (χ1v) is 8.71. The molecule has 1 aliphatic rings. The Bertz CT molecular complexity index is 815. The molecular weight excluding hydrogens is 372 g/mol. The predicted octanol–water partition coefficient (Wildman–Crippen LogP) is 2.87. The molecule has 0 aliphatic carbocycles. The summed E-state index contributed by atoms with van der Waals surface area (Å²) in [5, 5.41) is 3.10. The van der Waals surface area contributed by atoms with Crippen LogP contribution in [0, 0.1) is 0 Å². The van der Waals surface area contributed by atoms with Crippen molar-refractivity contribution in [3.05, 3.63) is 53.6 Å². The number of hydrogen-bond donors (Lipinski definition) is 1. The Morgan fingerprint density at radius 1 is 1.30 bits per heavy atom. The third-order valence-corrected chi connectivity index (χ3v) is 4.26. The van der Waals surface area contributed by atoms with E-state index in [1.54, 1.807) is 30.3 Å². The fourth-order valence-corrected chi connectivity index (χ4v) is 2.86. The van der Waals surface area contributed by atoms with Crippen LogP contribution in [0.2, 0.25) is 5.02 Å². The van der Waals surface area contributed by atoms with E-state index in [-0.39, 0.29) is 19.1 Å². The molecule has 2 amide bonds. The van der Waals surface area contributed by atoms with Gasteiger partial charge in [-0.05, 0) is 30.3 Å². The Hall–Kier alpha value is -2.93. The van der Waals surface area contributed by atoms with Gasteiger partial charge in [-0.15, -0.1) is 0 Å². The number of nitrogens with zero attached hydrogens (tertiary/aromatic N) is 1. The van der Waals surface area contributed by atoms with E-state index >= 15 is 0 Å². The molecule has 1 atom stereocenters. The number of para-hydroxylation sites is 1. The Morgan fingerprint density at radius 3 is 2.78 bits per heavy atom. The summed E-state index contributed by atoms with van der Waals surface area (Å²) in [6.45, 7) is 0.396. The van der Waals surface area contributed by atoms with Crippen LogP contribution in [0.3, 0.4) is 0 Å². The number of halogens is 1. The van der Waals surface area contributed by atoms with Crippen molar-refractivity contribution in [2.24, 2.45) is 0 Å². The number of amides is 2. The second-order valence-electron chi connectivity index (χ2n) is 5.84. The molecule has 0 saturated carbocycles. The van der Waals surface area contributed by atoms with Crippen LogP contribution in [0.25, 0.3) is 0 Å². The summed E-state index contributed by atoms with van der Waals surface area (Å²) in [7, 11) is 1.52. The van der Waals surface area contributed by atoms with Gasteiger partial charge in [0, 0.05) is 5.69 Å².